The summed E-state index contributed by atoms with van der Waals surface area (Å²) in [5.41, 5.74) is 6.64. The fourth-order valence-corrected chi connectivity index (χ4v) is 2.02. The van der Waals surface area contributed by atoms with Crippen molar-refractivity contribution in [1.82, 2.24) is 4.90 Å². The topological polar surface area (TPSA) is 55.6 Å². The number of ether oxygens (including phenoxy) is 1. The molecule has 17 heavy (non-hydrogen) atoms. The van der Waals surface area contributed by atoms with Crippen molar-refractivity contribution in [2.75, 3.05) is 32.0 Å². The molecule has 1 aliphatic rings. The fraction of sp³-hybridized carbons (Fsp3) is 0.417. The third kappa shape index (κ3) is 2.70. The number of nitrogens with two attached hydrogens (primary N) is 1. The summed E-state index contributed by atoms with van der Waals surface area (Å²) in [6.07, 6.45) is 0.853. The lowest BCUT2D eigenvalue weighted by molar-refractivity contribution is 0.0742. The second-order valence-corrected chi connectivity index (χ2v) is 4.37. The minimum Gasteiger partial charge on any atom is -0.397 e. The van der Waals surface area contributed by atoms with Gasteiger partial charge in [0.25, 0.3) is 5.91 Å². The molecule has 0 aromatic heterocycles. The average Bonchev–Trinajstić information content (AvgIpc) is 2.60. The summed E-state index contributed by atoms with van der Waals surface area (Å²) in [7, 11) is 0. The molecule has 0 spiro atoms. The Hall–Kier alpha value is -1.26. The van der Waals surface area contributed by atoms with E-state index in [-0.39, 0.29) is 5.91 Å². The Labute approximate surface area is 105 Å². The Balaban J connectivity index is 2.20. The van der Waals surface area contributed by atoms with Gasteiger partial charge in [-0.1, -0.05) is 17.7 Å². The lowest BCUT2D eigenvalue weighted by Gasteiger charge is -2.20. The van der Waals surface area contributed by atoms with Crippen molar-refractivity contribution in [1.29, 1.82) is 0 Å². The van der Waals surface area contributed by atoms with Gasteiger partial charge in [0.05, 0.1) is 22.9 Å². The van der Waals surface area contributed by atoms with Gasteiger partial charge in [-0.05, 0) is 18.6 Å². The molecule has 0 atom stereocenters. The van der Waals surface area contributed by atoms with Crippen LogP contribution in [0.1, 0.15) is 16.8 Å². The number of anilines is 1. The van der Waals surface area contributed by atoms with E-state index in [0.29, 0.717) is 42.6 Å². The van der Waals surface area contributed by atoms with Crippen LogP contribution in [0.2, 0.25) is 5.02 Å². The summed E-state index contributed by atoms with van der Waals surface area (Å²) in [5.74, 6) is -0.0736. The van der Waals surface area contributed by atoms with E-state index in [4.69, 9.17) is 22.1 Å². The van der Waals surface area contributed by atoms with Crippen LogP contribution in [0.15, 0.2) is 18.2 Å². The van der Waals surface area contributed by atoms with E-state index in [9.17, 15) is 4.79 Å². The van der Waals surface area contributed by atoms with Crippen molar-refractivity contribution in [3.63, 3.8) is 0 Å². The van der Waals surface area contributed by atoms with Crippen LogP contribution in [0, 0.1) is 0 Å². The Morgan fingerprint density at radius 1 is 1.35 bits per heavy atom. The average molecular weight is 255 g/mol. The number of nitrogens with zero attached hydrogens (tertiary/aromatic N) is 1. The summed E-state index contributed by atoms with van der Waals surface area (Å²) in [6, 6.07) is 5.12. The fourth-order valence-electron chi connectivity index (χ4n) is 1.84. The molecule has 2 N–H and O–H groups in total. The highest BCUT2D eigenvalue weighted by atomic mass is 35.5. The van der Waals surface area contributed by atoms with Crippen molar-refractivity contribution in [2.45, 2.75) is 6.42 Å². The van der Waals surface area contributed by atoms with Gasteiger partial charge in [-0.2, -0.15) is 0 Å². The van der Waals surface area contributed by atoms with Crippen LogP contribution in [-0.4, -0.2) is 37.1 Å². The molecule has 5 heteroatoms. The van der Waals surface area contributed by atoms with E-state index < -0.39 is 0 Å². The van der Waals surface area contributed by atoms with E-state index in [1.807, 2.05) is 0 Å². The smallest absolute Gasteiger partial charge is 0.256 e. The molecule has 2 rings (SSSR count). The van der Waals surface area contributed by atoms with Gasteiger partial charge in [-0.15, -0.1) is 0 Å². The van der Waals surface area contributed by atoms with Gasteiger partial charge in [-0.25, -0.2) is 0 Å². The maximum absolute atomic E-state index is 12.3. The molecule has 0 aliphatic carbocycles. The zero-order valence-electron chi connectivity index (χ0n) is 9.49. The predicted octanol–water partition coefficient (Wildman–Crippen LogP) is 1.78. The van der Waals surface area contributed by atoms with Crippen LogP contribution in [0.3, 0.4) is 0 Å². The Kier molecular flexibility index (Phi) is 3.86. The van der Waals surface area contributed by atoms with Crippen LogP contribution in [0.5, 0.6) is 0 Å². The van der Waals surface area contributed by atoms with Crippen LogP contribution < -0.4 is 5.73 Å². The second-order valence-electron chi connectivity index (χ2n) is 3.96. The van der Waals surface area contributed by atoms with E-state index in [2.05, 4.69) is 0 Å². The number of hydrogen-bond acceptors (Lipinski definition) is 3. The molecule has 0 bridgehead atoms. The highest BCUT2D eigenvalue weighted by molar-refractivity contribution is 6.33. The molecule has 0 radical (unpaired) electrons. The number of benzene rings is 1. The zero-order chi connectivity index (χ0) is 12.3. The van der Waals surface area contributed by atoms with E-state index >= 15 is 0 Å². The van der Waals surface area contributed by atoms with Crippen molar-refractivity contribution in [3.8, 4) is 0 Å². The molecule has 1 fully saturated rings. The van der Waals surface area contributed by atoms with Crippen molar-refractivity contribution < 1.29 is 9.53 Å². The molecule has 1 heterocycles. The highest BCUT2D eigenvalue weighted by Gasteiger charge is 2.20. The quantitative estimate of drug-likeness (QED) is 0.778. The molecular formula is C12H15ClN2O2. The zero-order valence-corrected chi connectivity index (χ0v) is 10.2. The van der Waals surface area contributed by atoms with E-state index in [0.717, 1.165) is 6.42 Å². The molecule has 0 saturated carbocycles. The number of carbonyl (C=O) groups excluding carboxylic acids is 1. The van der Waals surface area contributed by atoms with Gasteiger partial charge in [0.1, 0.15) is 0 Å². The molecule has 4 nitrogen and oxygen atoms in total. The second kappa shape index (κ2) is 5.38. The first kappa shape index (κ1) is 12.2. The first-order chi connectivity index (χ1) is 8.20. The molecule has 1 aromatic rings. The van der Waals surface area contributed by atoms with Crippen molar-refractivity contribution in [2.24, 2.45) is 0 Å². The normalized spacial score (nSPS) is 16.6. The van der Waals surface area contributed by atoms with Gasteiger partial charge in [0.2, 0.25) is 0 Å². The maximum atomic E-state index is 12.3. The molecule has 1 aliphatic heterocycles. The summed E-state index contributed by atoms with van der Waals surface area (Å²) in [5, 5.41) is 0.418. The van der Waals surface area contributed by atoms with Crippen LogP contribution in [0.25, 0.3) is 0 Å². The van der Waals surface area contributed by atoms with Gasteiger partial charge in [0.15, 0.2) is 0 Å². The number of nitrogen functional groups attached to an aromatic ring is 1. The molecule has 1 saturated heterocycles. The number of para-hydroxylation sites is 1. The van der Waals surface area contributed by atoms with Gasteiger partial charge in [-0.3, -0.25) is 4.79 Å². The predicted molar refractivity (Wildman–Crippen MR) is 67.2 cm³/mol. The SMILES string of the molecule is Nc1c(Cl)cccc1C(=O)N1CCCOCC1. The number of hydrogen-bond donors (Lipinski definition) is 1. The third-order valence-corrected chi connectivity index (χ3v) is 3.12. The summed E-state index contributed by atoms with van der Waals surface area (Å²) in [6.45, 7) is 2.58. The molecule has 92 valence electrons. The van der Waals surface area contributed by atoms with Crippen LogP contribution >= 0.6 is 11.6 Å². The summed E-state index contributed by atoms with van der Waals surface area (Å²) >= 11 is 5.91. The monoisotopic (exact) mass is 254 g/mol. The van der Waals surface area contributed by atoms with Gasteiger partial charge >= 0.3 is 0 Å². The Morgan fingerprint density at radius 3 is 3.00 bits per heavy atom. The lowest BCUT2D eigenvalue weighted by atomic mass is 10.1. The summed E-state index contributed by atoms with van der Waals surface area (Å²) < 4.78 is 5.31. The first-order valence-corrected chi connectivity index (χ1v) is 5.99. The van der Waals surface area contributed by atoms with Crippen molar-refractivity contribution >= 4 is 23.2 Å². The number of amides is 1. The third-order valence-electron chi connectivity index (χ3n) is 2.79. The van der Waals surface area contributed by atoms with Gasteiger partial charge in [0, 0.05) is 19.7 Å². The van der Waals surface area contributed by atoms with Gasteiger partial charge < -0.3 is 15.4 Å². The maximum Gasteiger partial charge on any atom is 0.256 e. The summed E-state index contributed by atoms with van der Waals surface area (Å²) in [4.78, 5) is 14.0. The van der Waals surface area contributed by atoms with E-state index in [1.54, 1.807) is 23.1 Å². The molecular weight excluding hydrogens is 240 g/mol. The van der Waals surface area contributed by atoms with E-state index in [1.165, 1.54) is 0 Å². The minimum absolute atomic E-state index is 0.0736. The van der Waals surface area contributed by atoms with Crippen LogP contribution in [-0.2, 0) is 4.74 Å². The largest absolute Gasteiger partial charge is 0.397 e. The number of halogens is 1. The van der Waals surface area contributed by atoms with Crippen LogP contribution in [0.4, 0.5) is 5.69 Å². The number of rotatable bonds is 1. The standard InChI is InChI=1S/C12H15ClN2O2/c13-10-4-1-3-9(11(10)14)12(16)15-5-2-7-17-8-6-15/h1,3-4H,2,5-8,14H2. The molecule has 0 unspecified atom stereocenters. The first-order valence-electron chi connectivity index (χ1n) is 5.61. The Morgan fingerprint density at radius 2 is 2.18 bits per heavy atom. The lowest BCUT2D eigenvalue weighted by Crippen LogP contribution is -2.33. The van der Waals surface area contributed by atoms with Crippen molar-refractivity contribution in [3.05, 3.63) is 28.8 Å². The highest BCUT2D eigenvalue weighted by Crippen LogP contribution is 2.23. The Bertz CT molecular complexity index is 415. The molecule has 1 amide bonds. The number of carbonyl (C=O) groups is 1. The minimum atomic E-state index is -0.0736. The molecule has 1 aromatic carbocycles.